The molecule has 0 heterocycles. The van der Waals surface area contributed by atoms with Gasteiger partial charge in [0.05, 0.1) is 11.3 Å². The van der Waals surface area contributed by atoms with Crippen LogP contribution in [0.5, 0.6) is 0 Å². The van der Waals surface area contributed by atoms with Crippen molar-refractivity contribution in [2.24, 2.45) is 5.92 Å². The second-order valence-corrected chi connectivity index (χ2v) is 5.70. The third kappa shape index (κ3) is 3.93. The van der Waals surface area contributed by atoms with Crippen molar-refractivity contribution >= 4 is 17.7 Å². The van der Waals surface area contributed by atoms with Crippen LogP contribution < -0.4 is 5.32 Å². The number of carboxylic acids is 1. The third-order valence-electron chi connectivity index (χ3n) is 3.26. The lowest BCUT2D eigenvalue weighted by Crippen LogP contribution is -2.39. The van der Waals surface area contributed by atoms with Gasteiger partial charge in [-0.1, -0.05) is 13.8 Å². The first-order valence-corrected chi connectivity index (χ1v) is 6.99. The Morgan fingerprint density at radius 3 is 2.62 bits per heavy atom. The number of halogens is 1. The molecule has 1 fully saturated rings. The fraction of sp³-hybridized carbons (Fsp3) is 0.467. The molecule has 0 unspecified atom stereocenters. The Balaban J connectivity index is 2.17. The fourth-order valence-corrected chi connectivity index (χ4v) is 2.17. The van der Waals surface area contributed by atoms with E-state index in [2.05, 4.69) is 5.32 Å². The molecule has 114 valence electrons. The highest BCUT2D eigenvalue weighted by atomic mass is 19.1. The van der Waals surface area contributed by atoms with Gasteiger partial charge in [0.1, 0.15) is 5.82 Å². The van der Waals surface area contributed by atoms with E-state index in [9.17, 15) is 14.0 Å². The van der Waals surface area contributed by atoms with Gasteiger partial charge in [-0.15, -0.1) is 0 Å². The van der Waals surface area contributed by atoms with Gasteiger partial charge in [-0.05, 0) is 37.0 Å². The maximum Gasteiger partial charge on any atom is 0.337 e. The maximum absolute atomic E-state index is 13.3. The van der Waals surface area contributed by atoms with Crippen LogP contribution in [0.1, 0.15) is 37.0 Å². The maximum atomic E-state index is 13.3. The van der Waals surface area contributed by atoms with Crippen molar-refractivity contribution in [1.29, 1.82) is 0 Å². The van der Waals surface area contributed by atoms with Crippen LogP contribution in [-0.4, -0.2) is 34.6 Å². The second kappa shape index (κ2) is 6.11. The minimum atomic E-state index is -1.20. The van der Waals surface area contributed by atoms with E-state index in [0.29, 0.717) is 12.5 Å². The van der Waals surface area contributed by atoms with Crippen molar-refractivity contribution in [3.8, 4) is 0 Å². The number of nitrogens with one attached hydrogen (secondary N) is 1. The van der Waals surface area contributed by atoms with Gasteiger partial charge in [0.2, 0.25) is 0 Å². The van der Waals surface area contributed by atoms with E-state index in [1.165, 1.54) is 0 Å². The minimum absolute atomic E-state index is 0.0121. The largest absolute Gasteiger partial charge is 0.478 e. The average Bonchev–Trinajstić information content (AvgIpc) is 3.19. The van der Waals surface area contributed by atoms with Crippen molar-refractivity contribution in [3.05, 3.63) is 29.6 Å². The second-order valence-electron chi connectivity index (χ2n) is 5.70. The van der Waals surface area contributed by atoms with E-state index >= 15 is 0 Å². The molecule has 2 N–H and O–H groups in total. The molecule has 6 heteroatoms. The normalized spacial score (nSPS) is 14.1. The summed E-state index contributed by atoms with van der Waals surface area (Å²) in [6.45, 7) is 4.61. The molecule has 2 rings (SSSR count). The van der Waals surface area contributed by atoms with Crippen molar-refractivity contribution in [2.75, 3.05) is 11.9 Å². The van der Waals surface area contributed by atoms with Crippen LogP contribution in [0.15, 0.2) is 18.2 Å². The number of rotatable bonds is 5. The average molecular weight is 294 g/mol. The first kappa shape index (κ1) is 15.3. The van der Waals surface area contributed by atoms with Crippen molar-refractivity contribution in [2.45, 2.75) is 32.7 Å². The van der Waals surface area contributed by atoms with Gasteiger partial charge < -0.3 is 15.3 Å². The first-order chi connectivity index (χ1) is 9.88. The van der Waals surface area contributed by atoms with Crippen LogP contribution >= 0.6 is 0 Å². The summed E-state index contributed by atoms with van der Waals surface area (Å²) in [5.74, 6) is -1.48. The van der Waals surface area contributed by atoms with Crippen LogP contribution in [0.3, 0.4) is 0 Å². The van der Waals surface area contributed by atoms with Crippen LogP contribution in [0.25, 0.3) is 0 Å². The summed E-state index contributed by atoms with van der Waals surface area (Å²) in [7, 11) is 0. The number of nitrogens with zero attached hydrogens (tertiary/aromatic N) is 1. The Labute approximate surface area is 122 Å². The molecule has 0 aliphatic heterocycles. The Morgan fingerprint density at radius 2 is 2.10 bits per heavy atom. The molecule has 1 aliphatic carbocycles. The third-order valence-corrected chi connectivity index (χ3v) is 3.26. The lowest BCUT2D eigenvalue weighted by atomic mass is 10.1. The molecular weight excluding hydrogens is 275 g/mol. The van der Waals surface area contributed by atoms with Gasteiger partial charge in [0.15, 0.2) is 0 Å². The zero-order chi connectivity index (χ0) is 15.6. The summed E-state index contributed by atoms with van der Waals surface area (Å²) in [5.41, 5.74) is -0.132. The predicted octanol–water partition coefficient (Wildman–Crippen LogP) is 3.18. The minimum Gasteiger partial charge on any atom is -0.478 e. The van der Waals surface area contributed by atoms with Gasteiger partial charge in [0.25, 0.3) is 0 Å². The van der Waals surface area contributed by atoms with Crippen LogP contribution in [0.4, 0.5) is 14.9 Å². The van der Waals surface area contributed by atoms with Crippen molar-refractivity contribution in [1.82, 2.24) is 4.90 Å². The van der Waals surface area contributed by atoms with Gasteiger partial charge in [-0.3, -0.25) is 0 Å². The summed E-state index contributed by atoms with van der Waals surface area (Å²) in [4.78, 5) is 25.1. The SMILES string of the molecule is CC(C)CN(C(=O)Nc1cc(F)ccc1C(=O)O)C1CC1. The molecule has 1 aromatic carbocycles. The van der Waals surface area contributed by atoms with E-state index in [1.54, 1.807) is 4.90 Å². The number of benzene rings is 1. The van der Waals surface area contributed by atoms with Gasteiger partial charge in [0, 0.05) is 12.6 Å². The number of anilines is 1. The number of carboxylic acid groups (broad SMARTS) is 1. The number of carbonyl (C=O) groups is 2. The van der Waals surface area contributed by atoms with Crippen LogP contribution in [0, 0.1) is 11.7 Å². The van der Waals surface area contributed by atoms with Crippen molar-refractivity contribution < 1.29 is 19.1 Å². The zero-order valence-corrected chi connectivity index (χ0v) is 12.1. The molecule has 1 saturated carbocycles. The predicted molar refractivity (Wildman–Crippen MR) is 76.9 cm³/mol. The summed E-state index contributed by atoms with van der Waals surface area (Å²) in [6, 6.07) is 3.07. The molecule has 5 nitrogen and oxygen atoms in total. The first-order valence-electron chi connectivity index (χ1n) is 6.99. The highest BCUT2D eigenvalue weighted by Gasteiger charge is 2.33. The standard InChI is InChI=1S/C15H19FN2O3/c1-9(2)8-18(11-4-5-11)15(21)17-13-7-10(16)3-6-12(13)14(19)20/h3,6-7,9,11H,4-5,8H2,1-2H3,(H,17,21)(H,19,20). The van der Waals surface area contributed by atoms with E-state index in [4.69, 9.17) is 5.11 Å². The quantitative estimate of drug-likeness (QED) is 0.876. The Bertz CT molecular complexity index is 556. The lowest BCUT2D eigenvalue weighted by Gasteiger charge is -2.25. The molecule has 0 bridgehead atoms. The molecule has 2 amide bonds. The summed E-state index contributed by atoms with van der Waals surface area (Å²) in [5, 5.41) is 11.6. The van der Waals surface area contributed by atoms with Crippen LogP contribution in [-0.2, 0) is 0 Å². The number of hydrogen-bond donors (Lipinski definition) is 2. The molecule has 0 spiro atoms. The highest BCUT2D eigenvalue weighted by molar-refractivity contribution is 6.00. The Morgan fingerprint density at radius 1 is 1.43 bits per heavy atom. The number of urea groups is 1. The molecule has 21 heavy (non-hydrogen) atoms. The zero-order valence-electron chi connectivity index (χ0n) is 12.1. The summed E-state index contributed by atoms with van der Waals surface area (Å²) >= 11 is 0. The monoisotopic (exact) mass is 294 g/mol. The number of amides is 2. The summed E-state index contributed by atoms with van der Waals surface area (Å²) in [6.07, 6.45) is 1.91. The van der Waals surface area contributed by atoms with E-state index < -0.39 is 11.8 Å². The molecule has 0 atom stereocenters. The smallest absolute Gasteiger partial charge is 0.337 e. The summed E-state index contributed by atoms with van der Waals surface area (Å²) < 4.78 is 13.3. The molecule has 1 aromatic rings. The molecular formula is C15H19FN2O3. The van der Waals surface area contributed by atoms with Gasteiger partial charge in [-0.25, -0.2) is 14.0 Å². The molecule has 0 radical (unpaired) electrons. The molecule has 0 aromatic heterocycles. The van der Waals surface area contributed by atoms with E-state index in [-0.39, 0.29) is 23.3 Å². The Kier molecular flexibility index (Phi) is 4.45. The molecule has 1 aliphatic rings. The Hall–Kier alpha value is -2.11. The topological polar surface area (TPSA) is 69.6 Å². The number of carbonyl (C=O) groups excluding carboxylic acids is 1. The number of aromatic carboxylic acids is 1. The molecule has 0 saturated heterocycles. The lowest BCUT2D eigenvalue weighted by molar-refractivity contribution is 0.0698. The van der Waals surface area contributed by atoms with E-state index in [0.717, 1.165) is 31.0 Å². The van der Waals surface area contributed by atoms with Crippen molar-refractivity contribution in [3.63, 3.8) is 0 Å². The van der Waals surface area contributed by atoms with Crippen LogP contribution in [0.2, 0.25) is 0 Å². The number of hydrogen-bond acceptors (Lipinski definition) is 2. The van der Waals surface area contributed by atoms with Gasteiger partial charge in [-0.2, -0.15) is 0 Å². The fourth-order valence-electron chi connectivity index (χ4n) is 2.17. The van der Waals surface area contributed by atoms with E-state index in [1.807, 2.05) is 13.8 Å². The highest BCUT2D eigenvalue weighted by Crippen LogP contribution is 2.28. The van der Waals surface area contributed by atoms with Gasteiger partial charge >= 0.3 is 12.0 Å².